The zero-order chi connectivity index (χ0) is 16.5. The van der Waals surface area contributed by atoms with E-state index in [9.17, 15) is 4.79 Å². The van der Waals surface area contributed by atoms with E-state index in [1.165, 1.54) is 0 Å². The van der Waals surface area contributed by atoms with Crippen LogP contribution in [0.4, 0.5) is 0 Å². The fourth-order valence-corrected chi connectivity index (χ4v) is 4.03. The lowest BCUT2D eigenvalue weighted by Crippen LogP contribution is -2.35. The van der Waals surface area contributed by atoms with Crippen molar-refractivity contribution in [2.24, 2.45) is 11.8 Å². The smallest absolute Gasteiger partial charge is 0.253 e. The summed E-state index contributed by atoms with van der Waals surface area (Å²) in [6.45, 7) is 4.26. The van der Waals surface area contributed by atoms with Crippen molar-refractivity contribution in [2.45, 2.75) is 12.8 Å². The van der Waals surface area contributed by atoms with E-state index >= 15 is 0 Å². The van der Waals surface area contributed by atoms with Gasteiger partial charge in [0.15, 0.2) is 0 Å². The third-order valence-corrected chi connectivity index (χ3v) is 5.51. The normalized spacial score (nSPS) is 24.8. The SMILES string of the molecule is COc1ccc2c(c1)C=C(C(=O)N1CC[C@@H]3CNC[C@@H]3CC1)CO2.Cl. The maximum atomic E-state index is 12.9. The summed E-state index contributed by atoms with van der Waals surface area (Å²) < 4.78 is 11.0. The van der Waals surface area contributed by atoms with Gasteiger partial charge in [0.05, 0.1) is 12.7 Å². The molecule has 2 atom stereocenters. The second-order valence-electron chi connectivity index (χ2n) is 6.91. The van der Waals surface area contributed by atoms with Crippen LogP contribution < -0.4 is 14.8 Å². The number of nitrogens with zero attached hydrogens (tertiary/aromatic N) is 1. The standard InChI is InChI=1S/C19H24N2O3.ClH/c1-23-17-2-3-18-15(9-17)8-16(12-24-18)19(22)21-6-4-13-10-20-11-14(13)5-7-21;/h2-3,8-9,13-14,20H,4-7,10-12H2,1H3;1H/t13-,14+;. The monoisotopic (exact) mass is 364 g/mol. The van der Waals surface area contributed by atoms with Crippen LogP contribution in [0.5, 0.6) is 11.5 Å². The number of rotatable bonds is 2. The van der Waals surface area contributed by atoms with Crippen LogP contribution in [0.3, 0.4) is 0 Å². The topological polar surface area (TPSA) is 50.8 Å². The van der Waals surface area contributed by atoms with Gasteiger partial charge in [-0.05, 0) is 62.0 Å². The minimum atomic E-state index is 0. The number of carbonyl (C=O) groups is 1. The molecular weight excluding hydrogens is 340 g/mol. The summed E-state index contributed by atoms with van der Waals surface area (Å²) in [4.78, 5) is 14.9. The molecule has 0 radical (unpaired) electrons. The highest BCUT2D eigenvalue weighted by Crippen LogP contribution is 2.32. The van der Waals surface area contributed by atoms with Gasteiger partial charge in [0, 0.05) is 18.7 Å². The van der Waals surface area contributed by atoms with E-state index in [2.05, 4.69) is 5.32 Å². The molecule has 3 aliphatic rings. The molecule has 0 aromatic heterocycles. The molecule has 0 bridgehead atoms. The summed E-state index contributed by atoms with van der Waals surface area (Å²) in [6.07, 6.45) is 4.15. The van der Waals surface area contributed by atoms with E-state index in [0.717, 1.165) is 73.5 Å². The Kier molecular flexibility index (Phi) is 5.54. The van der Waals surface area contributed by atoms with Crippen molar-refractivity contribution in [3.8, 4) is 11.5 Å². The fourth-order valence-electron chi connectivity index (χ4n) is 4.03. The molecule has 4 rings (SSSR count). The van der Waals surface area contributed by atoms with Gasteiger partial charge >= 0.3 is 0 Å². The Labute approximate surface area is 154 Å². The summed E-state index contributed by atoms with van der Waals surface area (Å²) in [5.41, 5.74) is 1.65. The minimum absolute atomic E-state index is 0. The first-order chi connectivity index (χ1) is 11.7. The number of hydrogen-bond donors (Lipinski definition) is 1. The second kappa shape index (κ2) is 7.67. The molecule has 2 saturated heterocycles. The van der Waals surface area contributed by atoms with Gasteiger partial charge in [0.25, 0.3) is 5.91 Å². The van der Waals surface area contributed by atoms with Gasteiger partial charge in [0.1, 0.15) is 18.1 Å². The molecule has 1 aromatic rings. The molecule has 1 aromatic carbocycles. The molecule has 0 spiro atoms. The van der Waals surface area contributed by atoms with Crippen LogP contribution in [0, 0.1) is 11.8 Å². The number of halogens is 1. The Balaban J connectivity index is 0.00000182. The van der Waals surface area contributed by atoms with Crippen molar-refractivity contribution in [2.75, 3.05) is 39.9 Å². The number of amides is 1. The van der Waals surface area contributed by atoms with E-state index in [1.807, 2.05) is 29.2 Å². The van der Waals surface area contributed by atoms with E-state index in [4.69, 9.17) is 9.47 Å². The third-order valence-electron chi connectivity index (χ3n) is 5.51. The van der Waals surface area contributed by atoms with Crippen LogP contribution in [0.15, 0.2) is 23.8 Å². The van der Waals surface area contributed by atoms with Crippen molar-refractivity contribution >= 4 is 24.4 Å². The van der Waals surface area contributed by atoms with Crippen LogP contribution in [-0.4, -0.2) is 50.7 Å². The number of likely N-dealkylation sites (tertiary alicyclic amines) is 1. The van der Waals surface area contributed by atoms with Crippen LogP contribution in [0.2, 0.25) is 0 Å². The van der Waals surface area contributed by atoms with Gasteiger partial charge in [-0.2, -0.15) is 0 Å². The van der Waals surface area contributed by atoms with E-state index in [-0.39, 0.29) is 18.3 Å². The number of methoxy groups -OCH3 is 1. The largest absolute Gasteiger partial charge is 0.497 e. The Morgan fingerprint density at radius 2 is 1.96 bits per heavy atom. The molecule has 6 heteroatoms. The molecule has 0 aliphatic carbocycles. The highest BCUT2D eigenvalue weighted by atomic mass is 35.5. The van der Waals surface area contributed by atoms with E-state index in [0.29, 0.717) is 6.61 Å². The summed E-state index contributed by atoms with van der Waals surface area (Å²) in [5.74, 6) is 3.16. The lowest BCUT2D eigenvalue weighted by molar-refractivity contribution is -0.127. The summed E-state index contributed by atoms with van der Waals surface area (Å²) >= 11 is 0. The van der Waals surface area contributed by atoms with Gasteiger partial charge < -0.3 is 19.7 Å². The Morgan fingerprint density at radius 1 is 1.24 bits per heavy atom. The second-order valence-corrected chi connectivity index (χ2v) is 6.91. The highest BCUT2D eigenvalue weighted by Gasteiger charge is 2.32. The molecule has 0 saturated carbocycles. The first kappa shape index (κ1) is 18.1. The van der Waals surface area contributed by atoms with Crippen molar-refractivity contribution in [3.63, 3.8) is 0 Å². The third kappa shape index (κ3) is 3.62. The zero-order valence-corrected chi connectivity index (χ0v) is 15.3. The summed E-state index contributed by atoms with van der Waals surface area (Å²) in [7, 11) is 1.64. The van der Waals surface area contributed by atoms with Crippen LogP contribution in [-0.2, 0) is 4.79 Å². The number of carbonyl (C=O) groups excluding carboxylic acids is 1. The van der Waals surface area contributed by atoms with Crippen molar-refractivity contribution < 1.29 is 14.3 Å². The summed E-state index contributed by atoms with van der Waals surface area (Å²) in [5, 5.41) is 3.47. The molecule has 3 heterocycles. The lowest BCUT2D eigenvalue weighted by Gasteiger charge is -2.25. The fraction of sp³-hybridized carbons (Fsp3) is 0.526. The number of nitrogens with one attached hydrogen (secondary N) is 1. The quantitative estimate of drug-likeness (QED) is 0.875. The first-order valence-electron chi connectivity index (χ1n) is 8.76. The maximum absolute atomic E-state index is 12.9. The first-order valence-corrected chi connectivity index (χ1v) is 8.76. The summed E-state index contributed by atoms with van der Waals surface area (Å²) in [6, 6.07) is 5.69. The van der Waals surface area contributed by atoms with Crippen molar-refractivity contribution in [3.05, 3.63) is 29.3 Å². The molecule has 1 N–H and O–H groups in total. The van der Waals surface area contributed by atoms with Gasteiger partial charge in [-0.25, -0.2) is 0 Å². The molecule has 5 nitrogen and oxygen atoms in total. The average Bonchev–Trinajstić information content (AvgIpc) is 2.98. The Morgan fingerprint density at radius 3 is 2.64 bits per heavy atom. The number of hydrogen-bond acceptors (Lipinski definition) is 4. The van der Waals surface area contributed by atoms with Crippen LogP contribution in [0.1, 0.15) is 18.4 Å². The highest BCUT2D eigenvalue weighted by molar-refractivity contribution is 5.99. The Bertz CT molecular complexity index is 663. The lowest BCUT2D eigenvalue weighted by atomic mass is 9.92. The molecule has 0 unspecified atom stereocenters. The number of ether oxygens (including phenoxy) is 2. The van der Waals surface area contributed by atoms with Gasteiger partial charge in [-0.1, -0.05) is 0 Å². The predicted molar refractivity (Wildman–Crippen MR) is 99.4 cm³/mol. The molecule has 2 fully saturated rings. The average molecular weight is 365 g/mol. The molecule has 25 heavy (non-hydrogen) atoms. The number of benzene rings is 1. The maximum Gasteiger partial charge on any atom is 0.253 e. The Hall–Kier alpha value is -1.72. The molecule has 3 aliphatic heterocycles. The van der Waals surface area contributed by atoms with Gasteiger partial charge in [-0.15, -0.1) is 12.4 Å². The number of fused-ring (bicyclic) bond motifs is 2. The zero-order valence-electron chi connectivity index (χ0n) is 14.5. The predicted octanol–water partition coefficient (Wildman–Crippen LogP) is 2.35. The van der Waals surface area contributed by atoms with E-state index in [1.54, 1.807) is 7.11 Å². The minimum Gasteiger partial charge on any atom is -0.497 e. The van der Waals surface area contributed by atoms with E-state index < -0.39 is 0 Å². The molecule has 1 amide bonds. The van der Waals surface area contributed by atoms with Crippen molar-refractivity contribution in [1.82, 2.24) is 10.2 Å². The molecule has 136 valence electrons. The van der Waals surface area contributed by atoms with Crippen LogP contribution in [0.25, 0.3) is 6.08 Å². The van der Waals surface area contributed by atoms with Gasteiger partial charge in [-0.3, -0.25) is 4.79 Å². The van der Waals surface area contributed by atoms with Crippen molar-refractivity contribution in [1.29, 1.82) is 0 Å². The van der Waals surface area contributed by atoms with Crippen LogP contribution >= 0.6 is 12.4 Å². The molecular formula is C19H25ClN2O3. The van der Waals surface area contributed by atoms with Gasteiger partial charge in [0.2, 0.25) is 0 Å².